The van der Waals surface area contributed by atoms with Crippen LogP contribution in [0.2, 0.25) is 0 Å². The summed E-state index contributed by atoms with van der Waals surface area (Å²) in [5, 5.41) is 0. The highest BCUT2D eigenvalue weighted by Gasteiger charge is 2.36. The van der Waals surface area contributed by atoms with Crippen molar-refractivity contribution in [2.24, 2.45) is 0 Å². The van der Waals surface area contributed by atoms with E-state index >= 15 is 0 Å². The van der Waals surface area contributed by atoms with E-state index in [1.54, 1.807) is 7.11 Å². The quantitative estimate of drug-likeness (QED) is 0.312. The molecule has 5 nitrogen and oxygen atoms in total. The van der Waals surface area contributed by atoms with E-state index in [0.717, 1.165) is 23.3 Å². The van der Waals surface area contributed by atoms with Crippen molar-refractivity contribution in [3.05, 3.63) is 58.9 Å². The average Bonchev–Trinajstić information content (AvgIpc) is 3.09. The molecular weight excluding hydrogens is 344 g/mol. The monoisotopic (exact) mass is 372 g/mol. The first-order chi connectivity index (χ1) is 12.8. The Kier molecular flexibility index (Phi) is 6.86. The minimum absolute atomic E-state index is 0.000616. The molecule has 1 heterocycles. The first-order valence-electron chi connectivity index (χ1n) is 8.83. The van der Waals surface area contributed by atoms with Crippen LogP contribution in [0.4, 0.5) is 0 Å². The van der Waals surface area contributed by atoms with Gasteiger partial charge in [-0.3, -0.25) is 0 Å². The molecule has 0 amide bonds. The lowest BCUT2D eigenvalue weighted by Crippen LogP contribution is -2.41. The Morgan fingerprint density at radius 2 is 2.00 bits per heavy atom. The zero-order valence-electron chi connectivity index (χ0n) is 16.9. The molecule has 0 spiro atoms. The Bertz CT molecular complexity index is 771. The Labute approximate surface area is 161 Å². The van der Waals surface area contributed by atoms with Crippen LogP contribution in [0.25, 0.3) is 6.08 Å². The summed E-state index contributed by atoms with van der Waals surface area (Å²) in [5.41, 5.74) is 2.99. The van der Waals surface area contributed by atoms with Crippen LogP contribution in [0.3, 0.4) is 0 Å². The van der Waals surface area contributed by atoms with Gasteiger partial charge in [0.2, 0.25) is 0 Å². The van der Waals surface area contributed by atoms with E-state index < -0.39 is 5.97 Å². The fourth-order valence-electron chi connectivity index (χ4n) is 2.79. The molecule has 0 saturated carbocycles. The van der Waals surface area contributed by atoms with Gasteiger partial charge >= 0.3 is 5.97 Å². The predicted molar refractivity (Wildman–Crippen MR) is 106 cm³/mol. The van der Waals surface area contributed by atoms with Gasteiger partial charge < -0.3 is 18.9 Å². The number of ether oxygens (including phenoxy) is 4. The number of hydrogen-bond acceptors (Lipinski definition) is 5. The smallest absolute Gasteiger partial charge is 0.341 e. The third-order valence-electron chi connectivity index (χ3n) is 4.77. The normalized spacial score (nSPS) is 17.6. The van der Waals surface area contributed by atoms with E-state index in [-0.39, 0.29) is 11.7 Å². The van der Waals surface area contributed by atoms with Crippen LogP contribution in [0.1, 0.15) is 31.9 Å². The lowest BCUT2D eigenvalue weighted by atomic mass is 9.96. The van der Waals surface area contributed by atoms with E-state index in [4.69, 9.17) is 18.9 Å². The summed E-state index contributed by atoms with van der Waals surface area (Å²) < 4.78 is 21.4. The molecule has 1 aliphatic rings. The number of carbonyl (C=O) groups excluding carboxylic acids is 1. The Balaban J connectivity index is 2.13. The van der Waals surface area contributed by atoms with E-state index in [9.17, 15) is 4.79 Å². The average molecular weight is 372 g/mol. The minimum Gasteiger partial charge on any atom is -0.503 e. The number of fused-ring (bicyclic) bond motifs is 1. The van der Waals surface area contributed by atoms with Gasteiger partial charge in [0.05, 0.1) is 31.7 Å². The molecule has 0 fully saturated rings. The molecule has 1 aromatic rings. The van der Waals surface area contributed by atoms with Crippen molar-refractivity contribution >= 4 is 12.0 Å². The van der Waals surface area contributed by atoms with Crippen LogP contribution in [-0.2, 0) is 25.4 Å². The van der Waals surface area contributed by atoms with Crippen LogP contribution < -0.4 is 4.74 Å². The van der Waals surface area contributed by atoms with Gasteiger partial charge in [-0.05, 0) is 43.5 Å². The molecule has 1 unspecified atom stereocenters. The Morgan fingerprint density at radius 1 is 1.26 bits per heavy atom. The number of rotatable bonds is 7. The molecule has 0 aromatic heterocycles. The van der Waals surface area contributed by atoms with E-state index in [0.29, 0.717) is 5.57 Å². The fourth-order valence-corrected chi connectivity index (χ4v) is 2.79. The second-order valence-electron chi connectivity index (χ2n) is 6.95. The van der Waals surface area contributed by atoms with Crippen molar-refractivity contribution in [3.63, 3.8) is 0 Å². The zero-order chi connectivity index (χ0) is 20.0. The first-order valence-corrected chi connectivity index (χ1v) is 8.83. The van der Waals surface area contributed by atoms with Gasteiger partial charge in [0, 0.05) is 13.5 Å². The van der Waals surface area contributed by atoms with Gasteiger partial charge in [0.25, 0.3) is 0 Å². The highest BCUT2D eigenvalue weighted by Crippen LogP contribution is 2.35. The molecule has 1 aliphatic heterocycles. The van der Waals surface area contributed by atoms with Gasteiger partial charge in [-0.1, -0.05) is 30.4 Å². The third-order valence-corrected chi connectivity index (χ3v) is 4.77. The number of methoxy groups -OCH3 is 3. The Morgan fingerprint density at radius 3 is 2.63 bits per heavy atom. The highest BCUT2D eigenvalue weighted by atomic mass is 16.5. The minimum atomic E-state index is -0.434. The molecule has 146 valence electrons. The lowest BCUT2D eigenvalue weighted by molar-refractivity contribution is -0.135. The summed E-state index contributed by atoms with van der Waals surface area (Å²) in [4.78, 5) is 11.8. The third kappa shape index (κ3) is 5.01. The van der Waals surface area contributed by atoms with E-state index in [1.165, 1.54) is 26.0 Å². The number of carbonyl (C=O) groups is 1. The number of hydrogen-bond donors (Lipinski definition) is 0. The Hall–Kier alpha value is -2.53. The van der Waals surface area contributed by atoms with Crippen molar-refractivity contribution in [3.8, 4) is 5.75 Å². The second kappa shape index (κ2) is 8.91. The summed E-state index contributed by atoms with van der Waals surface area (Å²) >= 11 is 0. The summed E-state index contributed by atoms with van der Waals surface area (Å²) in [5.74, 6) is 0.458. The summed E-state index contributed by atoms with van der Waals surface area (Å²) in [6, 6.07) is 6.16. The SMILES string of the molecule is CO\C=C(C(=O)OC)/C(C)=C\C=C\c1ccc2c(c1)OC(C(C)(C)OC)C2. The lowest BCUT2D eigenvalue weighted by Gasteiger charge is -2.29. The molecule has 0 N–H and O–H groups in total. The zero-order valence-corrected chi connectivity index (χ0v) is 16.9. The summed E-state index contributed by atoms with van der Waals surface area (Å²) in [6.45, 7) is 5.89. The van der Waals surface area contributed by atoms with Crippen LogP contribution in [0, 0.1) is 0 Å². The maximum absolute atomic E-state index is 11.8. The van der Waals surface area contributed by atoms with E-state index in [2.05, 4.69) is 12.1 Å². The summed E-state index contributed by atoms with van der Waals surface area (Å²) in [6.07, 6.45) is 7.90. The molecule has 5 heteroatoms. The standard InChI is InChI=1S/C22H28O5/c1-15(18(14-24-4)21(23)25-5)8-7-9-16-10-11-17-13-20(22(2,3)26-6)27-19(17)12-16/h7-12,14,20H,13H2,1-6H3/b9-7+,15-8-,18-14+. The molecular formula is C22H28O5. The van der Waals surface area contributed by atoms with Crippen molar-refractivity contribution in [2.75, 3.05) is 21.3 Å². The molecule has 2 rings (SSSR count). The molecule has 27 heavy (non-hydrogen) atoms. The van der Waals surface area contributed by atoms with Gasteiger partial charge in [-0.15, -0.1) is 0 Å². The van der Waals surface area contributed by atoms with Crippen molar-refractivity contribution in [2.45, 2.75) is 38.9 Å². The van der Waals surface area contributed by atoms with Crippen molar-refractivity contribution in [1.82, 2.24) is 0 Å². The molecule has 0 aliphatic carbocycles. The second-order valence-corrected chi connectivity index (χ2v) is 6.95. The molecule has 1 aromatic carbocycles. The molecule has 0 saturated heterocycles. The topological polar surface area (TPSA) is 54.0 Å². The van der Waals surface area contributed by atoms with Crippen LogP contribution in [0.15, 0.2) is 47.8 Å². The van der Waals surface area contributed by atoms with Gasteiger partial charge in [0.1, 0.15) is 11.9 Å². The van der Waals surface area contributed by atoms with Gasteiger partial charge in [0.15, 0.2) is 0 Å². The fraction of sp³-hybridized carbons (Fsp3) is 0.409. The molecule has 1 atom stereocenters. The van der Waals surface area contributed by atoms with Gasteiger partial charge in [-0.25, -0.2) is 4.79 Å². The number of allylic oxidation sites excluding steroid dienone is 2. The first kappa shape index (κ1) is 20.8. The molecule has 0 radical (unpaired) electrons. The van der Waals surface area contributed by atoms with Gasteiger partial charge in [-0.2, -0.15) is 0 Å². The molecule has 0 bridgehead atoms. The van der Waals surface area contributed by atoms with Crippen LogP contribution in [0.5, 0.6) is 5.75 Å². The maximum atomic E-state index is 11.8. The number of esters is 1. The highest BCUT2D eigenvalue weighted by molar-refractivity contribution is 5.93. The maximum Gasteiger partial charge on any atom is 0.341 e. The van der Waals surface area contributed by atoms with Crippen LogP contribution >= 0.6 is 0 Å². The number of benzene rings is 1. The largest absolute Gasteiger partial charge is 0.503 e. The van der Waals surface area contributed by atoms with Crippen LogP contribution in [-0.4, -0.2) is 39.0 Å². The van der Waals surface area contributed by atoms with Crippen molar-refractivity contribution < 1.29 is 23.7 Å². The predicted octanol–water partition coefficient (Wildman–Crippen LogP) is 4.08. The van der Waals surface area contributed by atoms with Crippen molar-refractivity contribution in [1.29, 1.82) is 0 Å². The van der Waals surface area contributed by atoms with E-state index in [1.807, 2.05) is 45.1 Å². The summed E-state index contributed by atoms with van der Waals surface area (Å²) in [7, 11) is 4.54.